The van der Waals surface area contributed by atoms with Gasteiger partial charge in [0, 0.05) is 6.54 Å². The molecule has 2 aromatic carbocycles. The molecule has 0 saturated heterocycles. The standard InChI is InChI=1S/C20H26N2O4S/c1-20(2,3)16-9-11-17(12-10-16)27(25,26)22-18(14-23)19(24)21-13-15-7-5-4-6-8-15/h4-12,18,22-23H,13-14H2,1-3H3,(H,21,24)/t18-/m0/s1. The van der Waals surface area contributed by atoms with Crippen molar-refractivity contribution < 1.29 is 18.3 Å². The van der Waals surface area contributed by atoms with E-state index in [2.05, 4.69) is 10.0 Å². The van der Waals surface area contributed by atoms with Crippen LogP contribution in [-0.2, 0) is 26.8 Å². The summed E-state index contributed by atoms with van der Waals surface area (Å²) in [5.41, 5.74) is 1.78. The van der Waals surface area contributed by atoms with Gasteiger partial charge in [0.15, 0.2) is 0 Å². The zero-order valence-corrected chi connectivity index (χ0v) is 16.6. The molecule has 0 fully saturated rings. The van der Waals surface area contributed by atoms with Crippen LogP contribution in [0.15, 0.2) is 59.5 Å². The number of aliphatic hydroxyl groups excluding tert-OH is 1. The Balaban J connectivity index is 2.06. The van der Waals surface area contributed by atoms with E-state index in [4.69, 9.17) is 0 Å². The van der Waals surface area contributed by atoms with Crippen molar-refractivity contribution in [3.63, 3.8) is 0 Å². The minimum Gasteiger partial charge on any atom is -0.394 e. The number of carbonyl (C=O) groups is 1. The number of aliphatic hydroxyl groups is 1. The van der Waals surface area contributed by atoms with Gasteiger partial charge in [-0.2, -0.15) is 4.72 Å². The molecule has 1 amide bonds. The van der Waals surface area contributed by atoms with Crippen molar-refractivity contribution in [3.05, 3.63) is 65.7 Å². The van der Waals surface area contributed by atoms with Crippen molar-refractivity contribution in [2.45, 2.75) is 43.7 Å². The van der Waals surface area contributed by atoms with Crippen LogP contribution in [0.2, 0.25) is 0 Å². The fraction of sp³-hybridized carbons (Fsp3) is 0.350. The van der Waals surface area contributed by atoms with E-state index in [1.807, 2.05) is 51.1 Å². The first kappa shape index (κ1) is 21.1. The Hall–Kier alpha value is -2.22. The van der Waals surface area contributed by atoms with Gasteiger partial charge in [0.2, 0.25) is 15.9 Å². The number of carbonyl (C=O) groups excluding carboxylic acids is 1. The lowest BCUT2D eigenvalue weighted by molar-refractivity contribution is -0.123. The molecular weight excluding hydrogens is 364 g/mol. The second kappa shape index (κ2) is 8.65. The molecule has 0 aromatic heterocycles. The van der Waals surface area contributed by atoms with Crippen LogP contribution in [0.5, 0.6) is 0 Å². The minimum atomic E-state index is -3.93. The third-order valence-corrected chi connectivity index (χ3v) is 5.62. The van der Waals surface area contributed by atoms with Gasteiger partial charge < -0.3 is 10.4 Å². The summed E-state index contributed by atoms with van der Waals surface area (Å²) in [4.78, 5) is 12.3. The first-order valence-corrected chi connectivity index (χ1v) is 10.2. The topological polar surface area (TPSA) is 95.5 Å². The first-order chi connectivity index (χ1) is 12.6. The van der Waals surface area contributed by atoms with Crippen LogP contribution in [0, 0.1) is 0 Å². The molecule has 6 nitrogen and oxygen atoms in total. The highest BCUT2D eigenvalue weighted by Crippen LogP contribution is 2.23. The Labute approximate surface area is 160 Å². The molecule has 0 aliphatic carbocycles. The van der Waals surface area contributed by atoms with Gasteiger partial charge in [-0.05, 0) is 28.7 Å². The van der Waals surface area contributed by atoms with Gasteiger partial charge in [-0.15, -0.1) is 0 Å². The lowest BCUT2D eigenvalue weighted by Gasteiger charge is -2.20. The van der Waals surface area contributed by atoms with Crippen molar-refractivity contribution in [2.24, 2.45) is 0 Å². The average Bonchev–Trinajstić information content (AvgIpc) is 2.64. The van der Waals surface area contributed by atoms with Crippen LogP contribution < -0.4 is 10.0 Å². The Bertz CT molecular complexity index is 857. The summed E-state index contributed by atoms with van der Waals surface area (Å²) in [5.74, 6) is -0.587. The fourth-order valence-electron chi connectivity index (χ4n) is 2.47. The molecule has 7 heteroatoms. The van der Waals surface area contributed by atoms with E-state index >= 15 is 0 Å². The van der Waals surface area contributed by atoms with Crippen molar-refractivity contribution in [1.82, 2.24) is 10.0 Å². The summed E-state index contributed by atoms with van der Waals surface area (Å²) < 4.78 is 27.3. The summed E-state index contributed by atoms with van der Waals surface area (Å²) >= 11 is 0. The Morgan fingerprint density at radius 3 is 2.15 bits per heavy atom. The summed E-state index contributed by atoms with van der Waals surface area (Å²) in [6, 6.07) is 14.5. The normalized spacial score (nSPS) is 13.2. The lowest BCUT2D eigenvalue weighted by Crippen LogP contribution is -2.48. The molecule has 27 heavy (non-hydrogen) atoms. The average molecular weight is 391 g/mol. The van der Waals surface area contributed by atoms with E-state index in [-0.39, 0.29) is 16.9 Å². The highest BCUT2D eigenvalue weighted by molar-refractivity contribution is 7.89. The monoisotopic (exact) mass is 390 g/mol. The van der Waals surface area contributed by atoms with Crippen LogP contribution >= 0.6 is 0 Å². The lowest BCUT2D eigenvalue weighted by atomic mass is 9.87. The Morgan fingerprint density at radius 1 is 1.04 bits per heavy atom. The highest BCUT2D eigenvalue weighted by atomic mass is 32.2. The fourth-order valence-corrected chi connectivity index (χ4v) is 3.66. The maximum atomic E-state index is 12.5. The SMILES string of the molecule is CC(C)(C)c1ccc(S(=O)(=O)N[C@@H](CO)C(=O)NCc2ccccc2)cc1. The number of hydrogen-bond acceptors (Lipinski definition) is 4. The molecule has 1 atom stereocenters. The summed E-state index contributed by atoms with van der Waals surface area (Å²) in [6.45, 7) is 5.72. The predicted molar refractivity (Wildman–Crippen MR) is 105 cm³/mol. The molecule has 2 aromatic rings. The van der Waals surface area contributed by atoms with Crippen LogP contribution in [-0.4, -0.2) is 32.1 Å². The van der Waals surface area contributed by atoms with E-state index in [1.54, 1.807) is 12.1 Å². The van der Waals surface area contributed by atoms with Crippen molar-refractivity contribution in [1.29, 1.82) is 0 Å². The van der Waals surface area contributed by atoms with Crippen molar-refractivity contribution in [3.8, 4) is 0 Å². The quantitative estimate of drug-likeness (QED) is 0.673. The van der Waals surface area contributed by atoms with Gasteiger partial charge in [-0.1, -0.05) is 63.2 Å². The third-order valence-electron chi connectivity index (χ3n) is 4.14. The van der Waals surface area contributed by atoms with Gasteiger partial charge in [0.25, 0.3) is 0 Å². The zero-order valence-electron chi connectivity index (χ0n) is 15.8. The predicted octanol–water partition coefficient (Wildman–Crippen LogP) is 1.94. The van der Waals surface area contributed by atoms with Gasteiger partial charge in [-0.3, -0.25) is 4.79 Å². The number of benzene rings is 2. The molecule has 146 valence electrons. The van der Waals surface area contributed by atoms with E-state index in [0.29, 0.717) is 0 Å². The third kappa shape index (κ3) is 5.89. The van der Waals surface area contributed by atoms with Gasteiger partial charge >= 0.3 is 0 Å². The van der Waals surface area contributed by atoms with Crippen molar-refractivity contribution in [2.75, 3.05) is 6.61 Å². The van der Waals surface area contributed by atoms with Gasteiger partial charge in [-0.25, -0.2) is 8.42 Å². The molecule has 0 aliphatic rings. The molecule has 0 spiro atoms. The highest BCUT2D eigenvalue weighted by Gasteiger charge is 2.25. The molecule has 0 bridgehead atoms. The van der Waals surface area contributed by atoms with Gasteiger partial charge in [0.05, 0.1) is 11.5 Å². The summed E-state index contributed by atoms with van der Waals surface area (Å²) in [5, 5.41) is 12.1. The minimum absolute atomic E-state index is 0.0461. The van der Waals surface area contributed by atoms with E-state index in [0.717, 1.165) is 11.1 Å². The molecule has 0 aliphatic heterocycles. The zero-order chi connectivity index (χ0) is 20.1. The summed E-state index contributed by atoms with van der Waals surface area (Å²) in [7, 11) is -3.93. The number of amides is 1. The van der Waals surface area contributed by atoms with Gasteiger partial charge in [0.1, 0.15) is 6.04 Å². The first-order valence-electron chi connectivity index (χ1n) is 8.69. The molecule has 0 unspecified atom stereocenters. The molecule has 0 saturated carbocycles. The largest absolute Gasteiger partial charge is 0.394 e. The summed E-state index contributed by atoms with van der Waals surface area (Å²) in [6.07, 6.45) is 0. The maximum Gasteiger partial charge on any atom is 0.241 e. The van der Waals surface area contributed by atoms with Crippen LogP contribution in [0.25, 0.3) is 0 Å². The Morgan fingerprint density at radius 2 is 1.63 bits per heavy atom. The van der Waals surface area contributed by atoms with E-state index < -0.39 is 28.6 Å². The number of hydrogen-bond donors (Lipinski definition) is 3. The molecule has 0 heterocycles. The Kier molecular flexibility index (Phi) is 6.75. The van der Waals surface area contributed by atoms with Crippen molar-refractivity contribution >= 4 is 15.9 Å². The van der Waals surface area contributed by atoms with Crippen LogP contribution in [0.4, 0.5) is 0 Å². The molecule has 3 N–H and O–H groups in total. The molecule has 2 rings (SSSR count). The van der Waals surface area contributed by atoms with E-state index in [9.17, 15) is 18.3 Å². The second-order valence-corrected chi connectivity index (χ2v) is 9.05. The number of sulfonamides is 1. The van der Waals surface area contributed by atoms with E-state index in [1.165, 1.54) is 12.1 Å². The number of nitrogens with one attached hydrogen (secondary N) is 2. The van der Waals surface area contributed by atoms with Crippen LogP contribution in [0.1, 0.15) is 31.9 Å². The molecule has 0 radical (unpaired) electrons. The second-order valence-electron chi connectivity index (χ2n) is 7.33. The number of rotatable bonds is 7. The smallest absolute Gasteiger partial charge is 0.241 e. The van der Waals surface area contributed by atoms with Crippen LogP contribution in [0.3, 0.4) is 0 Å². The molecular formula is C20H26N2O4S. The maximum absolute atomic E-state index is 12.5.